The second-order valence-corrected chi connectivity index (χ2v) is 14.3. The minimum Gasteiger partial charge on any atom is -0.462 e. The normalized spacial score (nSPS) is 8.64. The number of carbonyl (C=O) groups excluding carboxylic acids is 5. The van der Waals surface area contributed by atoms with Gasteiger partial charge in [-0.25, -0.2) is 9.59 Å². The van der Waals surface area contributed by atoms with E-state index < -0.39 is 60.3 Å². The fraction of sp³-hybridized carbons (Fsp3) is 0.297. The molecule has 0 aromatic heterocycles. The van der Waals surface area contributed by atoms with Crippen molar-refractivity contribution in [3.8, 4) is 237 Å². The van der Waals surface area contributed by atoms with E-state index >= 15 is 0 Å². The summed E-state index contributed by atoms with van der Waals surface area (Å²) in [7, 11) is 0. The first-order valence-corrected chi connectivity index (χ1v) is 21.9. The Hall–Kier alpha value is -11.5. The number of ether oxygens (including phenoxy) is 5. The van der Waals surface area contributed by atoms with Crippen LogP contribution in [-0.2, 0) is 47.7 Å². The van der Waals surface area contributed by atoms with Gasteiger partial charge in [-0.3, -0.25) is 19.3 Å². The molecule has 2 N–H and O–H groups in total. The lowest BCUT2D eigenvalue weighted by molar-refractivity contribution is -0.158. The summed E-state index contributed by atoms with van der Waals surface area (Å²) in [6.07, 6.45) is -1.03. The molecule has 3 atom stereocenters. The lowest BCUT2D eigenvalue weighted by atomic mass is 10.1. The van der Waals surface area contributed by atoms with Gasteiger partial charge >= 0.3 is 29.8 Å². The summed E-state index contributed by atoms with van der Waals surface area (Å²) >= 11 is 0. The maximum Gasteiger partial charge on any atom is 0.385 e. The van der Waals surface area contributed by atoms with Gasteiger partial charge in [0.05, 0.1) is 0 Å². The third-order valence-corrected chi connectivity index (χ3v) is 7.06. The lowest BCUT2D eigenvalue weighted by Crippen LogP contribution is -2.44. The summed E-state index contributed by atoms with van der Waals surface area (Å²) in [6.45, 7) is 10.1. The summed E-state index contributed by atoms with van der Waals surface area (Å²) < 4.78 is 26.8. The maximum atomic E-state index is 13.0. The predicted molar refractivity (Wildman–Crippen MR) is 284 cm³/mol. The summed E-state index contributed by atoms with van der Waals surface area (Å²) in [5, 5.41) is 0. The van der Waals surface area contributed by atoms with Crippen molar-refractivity contribution in [2.75, 3.05) is 32.8 Å². The van der Waals surface area contributed by atoms with Gasteiger partial charge in [0.1, 0.15) is 37.1 Å². The van der Waals surface area contributed by atoms with E-state index in [-0.39, 0.29) is 32.7 Å². The van der Waals surface area contributed by atoms with Crippen molar-refractivity contribution in [3.63, 3.8) is 0 Å². The second kappa shape index (κ2) is 44.7. The number of hydrogen-bond acceptors (Lipinski definition) is 12. The van der Waals surface area contributed by atoms with Crippen LogP contribution in [0.2, 0.25) is 0 Å². The zero-order valence-electron chi connectivity index (χ0n) is 42.5. The SMILES string of the molecule is CC#CC#CC#CC#CC#CC#CC#CC#CC#CC#CC(=O)OCC(CN(CCCCC(N)C(=O)OC(C)(C)C)CC(COC(C)=O)OC(C)=O)OC(=O)C#CC#CC#CC#CC#CC#CC#CC#CC#CC#CC. The van der Waals surface area contributed by atoms with Crippen LogP contribution in [0, 0.1) is 237 Å². The van der Waals surface area contributed by atoms with Gasteiger partial charge in [-0.15, -0.1) is 0 Å². The molecule has 0 aliphatic carbocycles. The van der Waals surface area contributed by atoms with Gasteiger partial charge < -0.3 is 29.4 Å². The van der Waals surface area contributed by atoms with E-state index in [9.17, 15) is 24.0 Å². The number of esters is 5. The van der Waals surface area contributed by atoms with Gasteiger partial charge in [-0.1, -0.05) is 18.3 Å². The Morgan fingerprint density at radius 1 is 0.434 bits per heavy atom. The van der Waals surface area contributed by atoms with Crippen LogP contribution in [-0.4, -0.2) is 91.4 Å². The molecule has 0 saturated heterocycles. The highest BCUT2D eigenvalue weighted by Crippen LogP contribution is 2.12. The smallest absolute Gasteiger partial charge is 0.385 e. The molecule has 0 aliphatic rings. The first kappa shape index (κ1) is 64.5. The fourth-order valence-corrected chi connectivity index (χ4v) is 4.40. The molecule has 0 aromatic rings. The van der Waals surface area contributed by atoms with Crippen LogP contribution in [0.3, 0.4) is 0 Å². The molecule has 0 saturated carbocycles. The Balaban J connectivity index is 6.33. The molecule has 0 aliphatic heterocycles. The van der Waals surface area contributed by atoms with Gasteiger partial charge in [0.2, 0.25) is 0 Å². The molecule has 3 unspecified atom stereocenters. The van der Waals surface area contributed by atoms with Crippen molar-refractivity contribution in [2.24, 2.45) is 5.73 Å². The zero-order valence-corrected chi connectivity index (χ0v) is 42.5. The van der Waals surface area contributed by atoms with Crippen molar-refractivity contribution in [2.45, 2.75) is 91.6 Å². The summed E-state index contributed by atoms with van der Waals surface area (Å²) in [4.78, 5) is 63.5. The van der Waals surface area contributed by atoms with Crippen molar-refractivity contribution in [3.05, 3.63) is 0 Å². The van der Waals surface area contributed by atoms with Crippen molar-refractivity contribution in [1.82, 2.24) is 4.90 Å². The molecular formula is C64H42N2O10. The largest absolute Gasteiger partial charge is 0.462 e. The van der Waals surface area contributed by atoms with Crippen molar-refractivity contribution in [1.29, 1.82) is 0 Å². The van der Waals surface area contributed by atoms with Crippen molar-refractivity contribution < 1.29 is 47.7 Å². The fourth-order valence-electron chi connectivity index (χ4n) is 4.40. The average Bonchev–Trinajstić information content (AvgIpc) is 3.36. The molecule has 0 amide bonds. The monoisotopic (exact) mass is 998 g/mol. The molecule has 12 nitrogen and oxygen atoms in total. The van der Waals surface area contributed by atoms with Crippen LogP contribution in [0.25, 0.3) is 0 Å². The lowest BCUT2D eigenvalue weighted by Gasteiger charge is -2.30. The molecule has 76 heavy (non-hydrogen) atoms. The highest BCUT2D eigenvalue weighted by atomic mass is 16.6. The molecule has 0 fully saturated rings. The van der Waals surface area contributed by atoms with Gasteiger partial charge in [-0.2, -0.15) is 0 Å². The van der Waals surface area contributed by atoms with Crippen LogP contribution in [0.4, 0.5) is 0 Å². The van der Waals surface area contributed by atoms with Crippen molar-refractivity contribution >= 4 is 29.8 Å². The predicted octanol–water partition coefficient (Wildman–Crippen LogP) is 1.19. The van der Waals surface area contributed by atoms with Crippen LogP contribution in [0.15, 0.2) is 0 Å². The molecular weight excluding hydrogens is 957 g/mol. The average molecular weight is 999 g/mol. The quantitative estimate of drug-likeness (QED) is 0.0776. The maximum absolute atomic E-state index is 13.0. The first-order chi connectivity index (χ1) is 36.7. The molecule has 12 heteroatoms. The Labute approximate surface area is 447 Å². The Bertz CT molecular complexity index is 3550. The minimum absolute atomic E-state index is 0.0403. The third-order valence-electron chi connectivity index (χ3n) is 7.06. The van der Waals surface area contributed by atoms with Gasteiger partial charge in [-0.05, 0) is 243 Å². The number of unbranched alkanes of at least 4 members (excludes halogenated alkanes) is 1. The second-order valence-electron chi connectivity index (χ2n) is 14.3. The number of rotatable bonds is 16. The standard InChI is InChI=1S/C64H42N2O10/c1-8-10-12-14-16-18-20-22-24-26-28-30-32-34-36-38-40-42-44-49-61(69)73-55-59(75-62(70)50-45-43-41-39-37-35-33-31-29-27-25-23-21-19-17-15-13-11-9-2)53-66(52-58(74-57(4)68)54-72-56(3)67)51-47-46-48-60(65)63(71)76-64(5,6)7/h58-60H,46-48,51-55,65H2,1-7H3. The van der Waals surface area contributed by atoms with E-state index in [1.165, 1.54) is 13.8 Å². The van der Waals surface area contributed by atoms with Crippen LogP contribution >= 0.6 is 0 Å². The van der Waals surface area contributed by atoms with E-state index in [4.69, 9.17) is 29.4 Å². The summed E-state index contributed by atoms with van der Waals surface area (Å²) in [5.74, 6) is 94.3. The molecule has 368 valence electrons. The summed E-state index contributed by atoms with van der Waals surface area (Å²) in [6, 6.07) is -0.899. The Morgan fingerprint density at radius 2 is 0.763 bits per heavy atom. The van der Waals surface area contributed by atoms with E-state index in [2.05, 4.69) is 237 Å². The highest BCUT2D eigenvalue weighted by Gasteiger charge is 2.25. The Morgan fingerprint density at radius 3 is 1.11 bits per heavy atom. The Kier molecular flexibility index (Phi) is 37.9. The first-order valence-electron chi connectivity index (χ1n) is 21.9. The van der Waals surface area contributed by atoms with Gasteiger partial charge in [0, 0.05) is 62.5 Å². The van der Waals surface area contributed by atoms with E-state index in [1.54, 1.807) is 39.5 Å². The summed E-state index contributed by atoms with van der Waals surface area (Å²) in [5.41, 5.74) is 5.35. The molecule has 0 heterocycles. The minimum atomic E-state index is -1.20. The van der Waals surface area contributed by atoms with E-state index in [0.29, 0.717) is 12.8 Å². The molecule has 0 spiro atoms. The molecule has 0 rings (SSSR count). The van der Waals surface area contributed by atoms with Crippen LogP contribution < -0.4 is 5.73 Å². The number of nitrogens with two attached hydrogens (primary N) is 1. The van der Waals surface area contributed by atoms with E-state index in [1.807, 2.05) is 0 Å². The van der Waals surface area contributed by atoms with Crippen LogP contribution in [0.1, 0.15) is 67.7 Å². The van der Waals surface area contributed by atoms with Gasteiger partial charge in [0.15, 0.2) is 0 Å². The van der Waals surface area contributed by atoms with E-state index in [0.717, 1.165) is 0 Å². The highest BCUT2D eigenvalue weighted by molar-refractivity contribution is 5.90. The molecule has 0 radical (unpaired) electrons. The van der Waals surface area contributed by atoms with Gasteiger partial charge in [0.25, 0.3) is 0 Å². The zero-order chi connectivity index (χ0) is 56.2. The topological polar surface area (TPSA) is 161 Å². The number of carbonyl (C=O) groups is 5. The number of nitrogens with zero attached hydrogens (tertiary/aromatic N) is 1. The molecule has 0 bridgehead atoms. The molecule has 0 aromatic carbocycles. The number of hydrogen-bond donors (Lipinski definition) is 1. The third kappa shape index (κ3) is 44.9. The van der Waals surface area contributed by atoms with Crippen LogP contribution in [0.5, 0.6) is 0 Å².